The molecular formula is C16H18F5N3O5S. The minimum atomic E-state index is -4.93. The molecule has 1 atom stereocenters. The summed E-state index contributed by atoms with van der Waals surface area (Å²) in [7, 11) is -3.70. The molecule has 8 nitrogen and oxygen atoms in total. The van der Waals surface area contributed by atoms with Crippen LogP contribution in [0.3, 0.4) is 0 Å². The largest absolute Gasteiger partial charge is 0.573 e. The van der Waals surface area contributed by atoms with E-state index in [1.807, 2.05) is 0 Å². The van der Waals surface area contributed by atoms with Crippen LogP contribution in [-0.4, -0.2) is 72.4 Å². The molecule has 0 aromatic carbocycles. The van der Waals surface area contributed by atoms with E-state index < -0.39 is 59.0 Å². The van der Waals surface area contributed by atoms with Crippen molar-refractivity contribution in [3.63, 3.8) is 0 Å². The molecule has 2 aliphatic heterocycles. The van der Waals surface area contributed by atoms with Crippen LogP contribution < -0.4 is 9.47 Å². The summed E-state index contributed by atoms with van der Waals surface area (Å²) in [5, 5.41) is 0. The Balaban J connectivity index is 1.69. The van der Waals surface area contributed by atoms with Crippen molar-refractivity contribution >= 4 is 16.1 Å². The molecule has 1 unspecified atom stereocenters. The molecule has 30 heavy (non-hydrogen) atoms. The molecule has 3 rings (SSSR count). The number of ether oxygens (including phenoxy) is 2. The summed E-state index contributed by atoms with van der Waals surface area (Å²) in [5.74, 6) is -4.56. The minimum Gasteiger partial charge on any atom is -0.404 e. The van der Waals surface area contributed by atoms with Crippen molar-refractivity contribution in [2.45, 2.75) is 37.6 Å². The molecule has 0 radical (unpaired) electrons. The average molecular weight is 459 g/mol. The van der Waals surface area contributed by atoms with Gasteiger partial charge in [0.25, 0.3) is 5.92 Å². The van der Waals surface area contributed by atoms with Gasteiger partial charge in [-0.05, 0) is 18.9 Å². The molecule has 168 valence electrons. The third-order valence-electron chi connectivity index (χ3n) is 4.58. The van der Waals surface area contributed by atoms with Crippen LogP contribution in [0.4, 0.5) is 26.7 Å². The fraction of sp³-hybridized carbons (Fsp3) is 0.625. The normalized spacial score (nSPS) is 24.3. The predicted molar refractivity (Wildman–Crippen MR) is 91.6 cm³/mol. The quantitative estimate of drug-likeness (QED) is 0.646. The number of rotatable bonds is 3. The van der Waals surface area contributed by atoms with Crippen molar-refractivity contribution in [2.24, 2.45) is 0 Å². The lowest BCUT2D eigenvalue weighted by atomic mass is 10.0. The van der Waals surface area contributed by atoms with E-state index in [1.165, 1.54) is 0 Å². The summed E-state index contributed by atoms with van der Waals surface area (Å²) in [6, 6.07) is 0.645. The first-order valence-corrected chi connectivity index (χ1v) is 10.5. The zero-order valence-corrected chi connectivity index (χ0v) is 16.3. The monoisotopic (exact) mass is 459 g/mol. The highest BCUT2D eigenvalue weighted by Crippen LogP contribution is 2.32. The van der Waals surface area contributed by atoms with E-state index in [0.29, 0.717) is 23.9 Å². The molecule has 0 N–H and O–H groups in total. The maximum absolute atomic E-state index is 14.2. The lowest BCUT2D eigenvalue weighted by Gasteiger charge is -2.42. The molecule has 3 heterocycles. The molecule has 1 amide bonds. The molecular weight excluding hydrogens is 441 g/mol. The van der Waals surface area contributed by atoms with Crippen molar-refractivity contribution in [3.8, 4) is 11.6 Å². The third kappa shape index (κ3) is 5.68. The summed E-state index contributed by atoms with van der Waals surface area (Å²) < 4.78 is 98.8. The van der Waals surface area contributed by atoms with Crippen LogP contribution in [0.2, 0.25) is 0 Å². The number of aromatic nitrogens is 1. The topological polar surface area (TPSA) is 89.0 Å². The smallest absolute Gasteiger partial charge is 0.404 e. The lowest BCUT2D eigenvalue weighted by molar-refractivity contribution is -0.274. The van der Waals surface area contributed by atoms with Crippen LogP contribution in [0.1, 0.15) is 19.3 Å². The minimum absolute atomic E-state index is 0.0915. The van der Waals surface area contributed by atoms with Crippen LogP contribution >= 0.6 is 0 Å². The fourth-order valence-corrected chi connectivity index (χ4v) is 5.20. The summed E-state index contributed by atoms with van der Waals surface area (Å²) in [6.07, 6.45) is -5.24. The van der Waals surface area contributed by atoms with Crippen molar-refractivity contribution < 1.29 is 44.6 Å². The number of carbonyl (C=O) groups excluding carboxylic acids is 1. The third-order valence-corrected chi connectivity index (χ3v) is 6.58. The van der Waals surface area contributed by atoms with Gasteiger partial charge >= 0.3 is 12.5 Å². The van der Waals surface area contributed by atoms with E-state index in [0.717, 1.165) is 16.4 Å². The molecule has 0 bridgehead atoms. The fourth-order valence-electron chi connectivity index (χ4n) is 3.40. The summed E-state index contributed by atoms with van der Waals surface area (Å²) >= 11 is 0. The van der Waals surface area contributed by atoms with E-state index in [4.69, 9.17) is 4.74 Å². The Morgan fingerprint density at radius 3 is 2.57 bits per heavy atom. The number of hydrogen-bond acceptors (Lipinski definition) is 6. The van der Waals surface area contributed by atoms with Gasteiger partial charge in [0.1, 0.15) is 5.75 Å². The SMILES string of the molecule is O=C(Oc1ccc(OC(F)(F)F)cn1)N1CC(N2CCCCS2(=O)=O)CC(F)(F)C1. The predicted octanol–water partition coefficient (Wildman–Crippen LogP) is 2.61. The van der Waals surface area contributed by atoms with Gasteiger partial charge < -0.3 is 14.4 Å². The molecule has 14 heteroatoms. The van der Waals surface area contributed by atoms with Crippen molar-refractivity contribution in [1.29, 1.82) is 0 Å². The molecule has 1 aromatic rings. The van der Waals surface area contributed by atoms with Gasteiger partial charge in [-0.15, -0.1) is 13.2 Å². The number of pyridine rings is 1. The van der Waals surface area contributed by atoms with Gasteiger partial charge in [-0.1, -0.05) is 0 Å². The van der Waals surface area contributed by atoms with Gasteiger partial charge in [-0.2, -0.15) is 4.31 Å². The molecule has 2 saturated heterocycles. The second-order valence-corrected chi connectivity index (χ2v) is 9.02. The second kappa shape index (κ2) is 8.13. The van der Waals surface area contributed by atoms with Gasteiger partial charge in [-0.25, -0.2) is 27.0 Å². The Morgan fingerprint density at radius 2 is 1.97 bits per heavy atom. The number of hydrogen-bond donors (Lipinski definition) is 0. The van der Waals surface area contributed by atoms with E-state index in [9.17, 15) is 35.2 Å². The van der Waals surface area contributed by atoms with Gasteiger partial charge in [0, 0.05) is 31.6 Å². The van der Waals surface area contributed by atoms with Crippen LogP contribution in [0, 0.1) is 0 Å². The molecule has 2 aliphatic rings. The number of halogens is 5. The molecule has 0 spiro atoms. The Kier molecular flexibility index (Phi) is 6.09. The van der Waals surface area contributed by atoms with Crippen LogP contribution in [0.5, 0.6) is 11.6 Å². The van der Waals surface area contributed by atoms with E-state index in [2.05, 4.69) is 9.72 Å². The Hall–Kier alpha value is -2.22. The zero-order chi connectivity index (χ0) is 22.2. The highest BCUT2D eigenvalue weighted by Gasteiger charge is 2.47. The van der Waals surface area contributed by atoms with Gasteiger partial charge in [0.2, 0.25) is 15.9 Å². The first-order valence-electron chi connectivity index (χ1n) is 8.91. The Bertz CT molecular complexity index is 878. The number of sulfonamides is 1. The maximum Gasteiger partial charge on any atom is 0.573 e. The Morgan fingerprint density at radius 1 is 1.23 bits per heavy atom. The number of likely N-dealkylation sites (tertiary alicyclic amines) is 1. The number of alkyl halides is 5. The zero-order valence-electron chi connectivity index (χ0n) is 15.4. The van der Waals surface area contributed by atoms with E-state index in [1.54, 1.807) is 0 Å². The second-order valence-electron chi connectivity index (χ2n) is 6.98. The maximum atomic E-state index is 14.2. The number of carbonyl (C=O) groups is 1. The standard InChI is InChI=1S/C16H18F5N3O5S/c17-15(18)7-11(24-5-1-2-6-30(24,26)27)9-23(10-15)14(25)28-13-4-3-12(8-22-13)29-16(19,20)21/h3-4,8,11H,1-2,5-7,9-10H2. The summed E-state index contributed by atoms with van der Waals surface area (Å²) in [6.45, 7) is -1.19. The number of nitrogens with zero attached hydrogens (tertiary/aromatic N) is 3. The molecule has 2 fully saturated rings. The summed E-state index contributed by atoms with van der Waals surface area (Å²) in [4.78, 5) is 16.5. The van der Waals surface area contributed by atoms with Crippen molar-refractivity contribution in [2.75, 3.05) is 25.4 Å². The number of piperidine rings is 1. The molecule has 0 saturated carbocycles. The molecule has 1 aromatic heterocycles. The van der Waals surface area contributed by atoms with Crippen molar-refractivity contribution in [1.82, 2.24) is 14.2 Å². The van der Waals surface area contributed by atoms with Gasteiger partial charge in [0.05, 0.1) is 18.5 Å². The lowest BCUT2D eigenvalue weighted by Crippen LogP contribution is -2.59. The molecule has 0 aliphatic carbocycles. The number of amides is 1. The Labute approximate surface area is 168 Å². The van der Waals surface area contributed by atoms with Gasteiger partial charge in [-0.3, -0.25) is 0 Å². The highest BCUT2D eigenvalue weighted by atomic mass is 32.2. The van der Waals surface area contributed by atoms with E-state index >= 15 is 0 Å². The van der Waals surface area contributed by atoms with Crippen LogP contribution in [0.15, 0.2) is 18.3 Å². The highest BCUT2D eigenvalue weighted by molar-refractivity contribution is 7.89. The van der Waals surface area contributed by atoms with Crippen molar-refractivity contribution in [3.05, 3.63) is 18.3 Å². The van der Waals surface area contributed by atoms with Crippen LogP contribution in [0.25, 0.3) is 0 Å². The van der Waals surface area contributed by atoms with Crippen LogP contribution in [-0.2, 0) is 10.0 Å². The first-order chi connectivity index (χ1) is 13.8. The van der Waals surface area contributed by atoms with Gasteiger partial charge in [0.15, 0.2) is 0 Å². The summed E-state index contributed by atoms with van der Waals surface area (Å²) in [5.41, 5.74) is 0. The van der Waals surface area contributed by atoms with E-state index in [-0.39, 0.29) is 18.8 Å². The average Bonchev–Trinajstić information content (AvgIpc) is 2.60. The first kappa shape index (κ1) is 22.5.